The van der Waals surface area contributed by atoms with Gasteiger partial charge >= 0.3 is 15.6 Å². The van der Waals surface area contributed by atoms with Crippen molar-refractivity contribution in [3.8, 4) is 0 Å². The van der Waals surface area contributed by atoms with Gasteiger partial charge in [-0.05, 0) is 77.8 Å². The van der Waals surface area contributed by atoms with E-state index < -0.39 is 51.4 Å². The molecule has 14 heteroatoms. The van der Waals surface area contributed by atoms with Crippen molar-refractivity contribution in [2.75, 3.05) is 19.8 Å². The number of carbonyl (C=O) groups excluding carboxylic acids is 2. The molecule has 0 bridgehead atoms. The molecule has 12 nitrogen and oxygen atoms in total. The highest BCUT2D eigenvalue weighted by Gasteiger charge is 3.05. The zero-order valence-corrected chi connectivity index (χ0v) is 29.9. The number of fused-ring (bicyclic) bond motifs is 3. The van der Waals surface area contributed by atoms with Gasteiger partial charge in [-0.3, -0.25) is 18.6 Å². The number of phosphoric ester groups is 2. The number of nitrogens with two attached hydrogens (primary N) is 1. The maximum Gasteiger partial charge on any atom is 0.481 e. The molecule has 0 aromatic carbocycles. The first kappa shape index (κ1) is 34.4. The third-order valence-corrected chi connectivity index (χ3v) is 17.1. The summed E-state index contributed by atoms with van der Waals surface area (Å²) in [4.78, 5) is 47.6. The van der Waals surface area contributed by atoms with Crippen LogP contribution in [-0.2, 0) is 41.6 Å². The van der Waals surface area contributed by atoms with E-state index in [-0.39, 0.29) is 51.9 Å². The molecule has 4 unspecified atom stereocenters. The SMILES string of the molecule is CCCC1O[C@@H]2C[C@@]34C(C)(C)[C@]35CCC3=CC(=O)C=C[C@]3(C)[C@]53C(CC)[C@H]3C[C@]4(C)[C@]2(C(=O)COP(=O)(O)OP(=O)(O)OCCN)O1. The van der Waals surface area contributed by atoms with Crippen LogP contribution in [0.25, 0.3) is 0 Å². The Morgan fingerprint density at radius 1 is 1.09 bits per heavy atom. The Hall–Kier alpha value is -1.04. The normalized spacial score (nSPS) is 48.9. The van der Waals surface area contributed by atoms with Gasteiger partial charge in [-0.2, -0.15) is 4.31 Å². The van der Waals surface area contributed by atoms with E-state index in [1.807, 2.05) is 13.0 Å². The van der Waals surface area contributed by atoms with Crippen LogP contribution in [0.15, 0.2) is 23.8 Å². The molecule has 5 saturated carbocycles. The molecule has 1 saturated heterocycles. The van der Waals surface area contributed by atoms with Crippen molar-refractivity contribution in [2.45, 2.75) is 104 Å². The van der Waals surface area contributed by atoms with Crippen LogP contribution in [0.5, 0.6) is 0 Å². The van der Waals surface area contributed by atoms with Crippen LogP contribution >= 0.6 is 15.6 Å². The summed E-state index contributed by atoms with van der Waals surface area (Å²) in [6, 6.07) is 0. The van der Waals surface area contributed by atoms with Crippen molar-refractivity contribution in [2.24, 2.45) is 50.1 Å². The van der Waals surface area contributed by atoms with Gasteiger partial charge in [-0.1, -0.05) is 66.0 Å². The number of Topliss-reactive ketones (excluding diaryl/α,β-unsaturated/α-hetero) is 1. The fraction of sp³-hybridized carbons (Fsp3) is 0.818. The molecule has 262 valence electrons. The monoisotopic (exact) mass is 697 g/mol. The molecule has 4 N–H and O–H groups in total. The van der Waals surface area contributed by atoms with E-state index in [9.17, 15) is 28.5 Å². The molecular formula is C33H49NO11P2. The Labute approximate surface area is 276 Å². The van der Waals surface area contributed by atoms with Crippen LogP contribution in [0.4, 0.5) is 0 Å². The Morgan fingerprint density at radius 2 is 1.79 bits per heavy atom. The molecule has 1 aliphatic heterocycles. The minimum absolute atomic E-state index is 0.0397. The molecule has 3 spiro atoms. The quantitative estimate of drug-likeness (QED) is 0.222. The lowest BCUT2D eigenvalue weighted by Crippen LogP contribution is -2.61. The van der Waals surface area contributed by atoms with Gasteiger partial charge < -0.3 is 25.0 Å². The van der Waals surface area contributed by atoms with Crippen molar-refractivity contribution >= 4 is 27.2 Å². The number of ether oxygens (including phenoxy) is 2. The lowest BCUT2D eigenvalue weighted by atomic mass is 9.45. The standard InChI is InChI=1S/C33H49NO11P2/c1-7-9-26-43-25-18-31-27(3,4)30(31)13-10-20-16-21(35)11-12-28(20,5)32(30)22(8-2)23(32)17-29(31,6)33(25,44-26)24(36)19-42-47(39,40)45-46(37,38)41-15-14-34/h11-12,16,22-23,25-26H,7-10,13-15,17-19,34H2,1-6H3,(H,37,38)(H,39,40)/t22?,23-,25-,26?,28+,29+,30-,31+,32-,33-/m1/s1. The Bertz CT molecular complexity index is 1580. The Kier molecular flexibility index (Phi) is 7.52. The number of allylic oxidation sites excluding steroid dienone is 4. The smallest absolute Gasteiger partial charge is 0.346 e. The highest BCUT2D eigenvalue weighted by molar-refractivity contribution is 7.61. The molecule has 0 aromatic rings. The Morgan fingerprint density at radius 3 is 2.45 bits per heavy atom. The van der Waals surface area contributed by atoms with Gasteiger partial charge in [-0.25, -0.2) is 9.13 Å². The molecular weight excluding hydrogens is 648 g/mol. The van der Waals surface area contributed by atoms with Gasteiger partial charge in [0.25, 0.3) is 0 Å². The number of hydrogen-bond donors (Lipinski definition) is 3. The third-order valence-electron chi connectivity index (χ3n) is 14.5. The van der Waals surface area contributed by atoms with E-state index in [1.54, 1.807) is 6.08 Å². The van der Waals surface area contributed by atoms with Crippen LogP contribution in [0.3, 0.4) is 0 Å². The lowest BCUT2D eigenvalue weighted by molar-refractivity contribution is -0.188. The van der Waals surface area contributed by atoms with Crippen LogP contribution < -0.4 is 5.73 Å². The lowest BCUT2D eigenvalue weighted by Gasteiger charge is -2.58. The summed E-state index contributed by atoms with van der Waals surface area (Å²) in [6.45, 7) is 12.0. The summed E-state index contributed by atoms with van der Waals surface area (Å²) >= 11 is 0. The van der Waals surface area contributed by atoms with E-state index >= 15 is 0 Å². The van der Waals surface area contributed by atoms with Gasteiger partial charge in [0.2, 0.25) is 0 Å². The van der Waals surface area contributed by atoms with Crippen LogP contribution in [-0.4, -0.2) is 59.1 Å². The second-order valence-electron chi connectivity index (χ2n) is 15.8. The van der Waals surface area contributed by atoms with E-state index in [0.717, 1.165) is 25.7 Å². The maximum absolute atomic E-state index is 14.7. The molecule has 0 aromatic heterocycles. The minimum Gasteiger partial charge on any atom is -0.346 e. The van der Waals surface area contributed by atoms with Crippen LogP contribution in [0.2, 0.25) is 0 Å². The highest BCUT2D eigenvalue weighted by atomic mass is 31.3. The summed E-state index contributed by atoms with van der Waals surface area (Å²) in [7, 11) is -10.2. The number of hydrogen-bond acceptors (Lipinski definition) is 10. The molecule has 0 radical (unpaired) electrons. The largest absolute Gasteiger partial charge is 0.481 e. The van der Waals surface area contributed by atoms with Crippen LogP contribution in [0, 0.1) is 44.3 Å². The number of ketones is 2. The van der Waals surface area contributed by atoms with Gasteiger partial charge in [0.1, 0.15) is 6.61 Å². The summed E-state index contributed by atoms with van der Waals surface area (Å²) in [5.41, 5.74) is 3.16. The fourth-order valence-electron chi connectivity index (χ4n) is 13.7. The number of rotatable bonds is 12. The first-order chi connectivity index (χ1) is 21.9. The molecule has 6 aliphatic carbocycles. The van der Waals surface area contributed by atoms with Crippen molar-refractivity contribution in [1.82, 2.24) is 0 Å². The maximum atomic E-state index is 14.7. The average Bonchev–Trinajstić information content (AvgIpc) is 3.61. The molecule has 0 amide bonds. The topological polar surface area (TPSA) is 181 Å². The van der Waals surface area contributed by atoms with Gasteiger partial charge in [0, 0.05) is 17.4 Å². The second kappa shape index (κ2) is 10.3. The van der Waals surface area contributed by atoms with E-state index in [2.05, 4.69) is 49.5 Å². The first-order valence-electron chi connectivity index (χ1n) is 17.1. The average molecular weight is 698 g/mol. The number of carbonyl (C=O) groups is 2. The van der Waals surface area contributed by atoms with Crippen molar-refractivity contribution in [3.05, 3.63) is 23.8 Å². The van der Waals surface area contributed by atoms with Crippen molar-refractivity contribution in [3.63, 3.8) is 0 Å². The third kappa shape index (κ3) is 3.74. The van der Waals surface area contributed by atoms with Gasteiger partial charge in [0.15, 0.2) is 23.5 Å². The van der Waals surface area contributed by atoms with E-state index in [0.29, 0.717) is 25.2 Å². The summed E-state index contributed by atoms with van der Waals surface area (Å²) < 4.78 is 52.7. The minimum atomic E-state index is -5.22. The zero-order valence-electron chi connectivity index (χ0n) is 28.2. The summed E-state index contributed by atoms with van der Waals surface area (Å²) in [6.07, 6.45) is 9.83. The molecule has 47 heavy (non-hydrogen) atoms. The van der Waals surface area contributed by atoms with Gasteiger partial charge in [0.05, 0.1) is 12.7 Å². The summed E-state index contributed by atoms with van der Waals surface area (Å²) in [5, 5.41) is 0. The summed E-state index contributed by atoms with van der Waals surface area (Å²) in [5.74, 6) is 0.130. The molecule has 7 aliphatic rings. The number of phosphoric acid groups is 2. The first-order valence-corrected chi connectivity index (χ1v) is 20.0. The van der Waals surface area contributed by atoms with Crippen molar-refractivity contribution < 1.29 is 51.3 Å². The van der Waals surface area contributed by atoms with E-state index in [1.165, 1.54) is 5.57 Å². The zero-order chi connectivity index (χ0) is 34.3. The molecule has 12 atom stereocenters. The van der Waals surface area contributed by atoms with Crippen LogP contribution in [0.1, 0.15) is 86.5 Å². The van der Waals surface area contributed by atoms with Crippen molar-refractivity contribution in [1.29, 1.82) is 0 Å². The Balaban J connectivity index is 1.30. The molecule has 6 fully saturated rings. The second-order valence-corrected chi connectivity index (χ2v) is 18.9. The fourth-order valence-corrected chi connectivity index (χ4v) is 15.7. The predicted molar refractivity (Wildman–Crippen MR) is 169 cm³/mol. The van der Waals surface area contributed by atoms with E-state index in [4.69, 9.17) is 19.7 Å². The highest BCUT2D eigenvalue weighted by Crippen LogP contribution is 3.07. The molecule has 1 heterocycles. The predicted octanol–water partition coefficient (Wildman–Crippen LogP) is 5.38. The van der Waals surface area contributed by atoms with Gasteiger partial charge in [-0.15, -0.1) is 0 Å². The molecule has 7 rings (SSSR count).